The molecule has 3 nitrogen and oxygen atoms in total. The third-order valence-electron chi connectivity index (χ3n) is 1.64. The molecule has 0 bridgehead atoms. The van der Waals surface area contributed by atoms with E-state index in [9.17, 15) is 4.79 Å². The molecule has 0 aromatic carbocycles. The summed E-state index contributed by atoms with van der Waals surface area (Å²) in [5.74, 6) is -0.372. The van der Waals surface area contributed by atoms with Crippen LogP contribution >= 0.6 is 11.3 Å². The molecule has 0 radical (unpaired) electrons. The van der Waals surface area contributed by atoms with Crippen LogP contribution in [0.2, 0.25) is 0 Å². The van der Waals surface area contributed by atoms with Gasteiger partial charge in [0.2, 0.25) is 0 Å². The van der Waals surface area contributed by atoms with Crippen molar-refractivity contribution in [2.75, 3.05) is 0 Å². The number of rotatable bonds is 1. The van der Waals surface area contributed by atoms with Crippen molar-refractivity contribution in [2.45, 2.75) is 6.61 Å². The first-order valence-electron chi connectivity index (χ1n) is 3.48. The molecule has 1 amide bonds. The van der Waals surface area contributed by atoms with Crippen molar-refractivity contribution in [1.82, 2.24) is 0 Å². The zero-order valence-electron chi connectivity index (χ0n) is 6.24. The highest BCUT2D eigenvalue weighted by atomic mass is 32.1. The topological polar surface area (TPSA) is 52.3 Å². The van der Waals surface area contributed by atoms with Gasteiger partial charge in [-0.15, -0.1) is 11.3 Å². The summed E-state index contributed by atoms with van der Waals surface area (Å²) >= 11 is 1.40. The van der Waals surface area contributed by atoms with Gasteiger partial charge in [-0.2, -0.15) is 0 Å². The molecule has 62 valence electrons. The second-order valence-corrected chi connectivity index (χ2v) is 3.56. The second-order valence-electron chi connectivity index (χ2n) is 2.48. The maximum atomic E-state index is 10.8. The van der Waals surface area contributed by atoms with Gasteiger partial charge in [0.25, 0.3) is 5.91 Å². The monoisotopic (exact) mass is 181 g/mol. The minimum absolute atomic E-state index is 0.372. The van der Waals surface area contributed by atoms with Crippen LogP contribution in [-0.4, -0.2) is 5.91 Å². The summed E-state index contributed by atoms with van der Waals surface area (Å²) in [4.78, 5) is 12.4. The van der Waals surface area contributed by atoms with Crippen LogP contribution in [0.25, 0.3) is 6.08 Å². The van der Waals surface area contributed by atoms with E-state index in [0.29, 0.717) is 11.5 Å². The third kappa shape index (κ3) is 1.10. The first-order chi connectivity index (χ1) is 5.77. The lowest BCUT2D eigenvalue weighted by Gasteiger charge is -2.04. The Labute approximate surface area is 73.5 Å². The summed E-state index contributed by atoms with van der Waals surface area (Å²) in [6, 6.07) is 1.78. The number of carbonyl (C=O) groups is 1. The van der Waals surface area contributed by atoms with Gasteiger partial charge in [-0.05, 0) is 12.1 Å². The maximum absolute atomic E-state index is 10.8. The number of nitrogens with two attached hydrogens (primary N) is 1. The van der Waals surface area contributed by atoms with E-state index >= 15 is 0 Å². The number of carbonyl (C=O) groups excluding carboxylic acids is 1. The molecule has 0 saturated carbocycles. The van der Waals surface area contributed by atoms with E-state index in [-0.39, 0.29) is 5.91 Å². The SMILES string of the molecule is NC(=O)c1cc2c(s1)C=COC2. The third-order valence-corrected chi connectivity index (χ3v) is 2.80. The van der Waals surface area contributed by atoms with E-state index in [0.717, 1.165) is 10.4 Å². The zero-order chi connectivity index (χ0) is 8.55. The van der Waals surface area contributed by atoms with Crippen LogP contribution in [0.5, 0.6) is 0 Å². The second kappa shape index (κ2) is 2.64. The van der Waals surface area contributed by atoms with Crippen LogP contribution in [0.1, 0.15) is 20.1 Å². The molecule has 4 heteroatoms. The standard InChI is InChI=1S/C8H7NO2S/c9-8(10)7-3-5-4-11-2-1-6(5)12-7/h1-3H,4H2,(H2,9,10). The van der Waals surface area contributed by atoms with E-state index in [4.69, 9.17) is 10.5 Å². The summed E-state index contributed by atoms with van der Waals surface area (Å²) in [6.07, 6.45) is 3.47. The lowest BCUT2D eigenvalue weighted by Crippen LogP contribution is -2.08. The smallest absolute Gasteiger partial charge is 0.258 e. The molecule has 0 fully saturated rings. The predicted molar refractivity (Wildman–Crippen MR) is 46.7 cm³/mol. The van der Waals surface area contributed by atoms with Crippen LogP contribution < -0.4 is 5.73 Å². The van der Waals surface area contributed by atoms with Crippen LogP contribution in [-0.2, 0) is 11.3 Å². The average Bonchev–Trinajstić information content (AvgIpc) is 2.46. The highest BCUT2D eigenvalue weighted by molar-refractivity contribution is 7.15. The van der Waals surface area contributed by atoms with Crippen LogP contribution in [0, 0.1) is 0 Å². The van der Waals surface area contributed by atoms with E-state index in [1.165, 1.54) is 11.3 Å². The first-order valence-corrected chi connectivity index (χ1v) is 4.29. The molecule has 0 saturated heterocycles. The fourth-order valence-corrected chi connectivity index (χ4v) is 1.98. The molecule has 0 spiro atoms. The van der Waals surface area contributed by atoms with Crippen molar-refractivity contribution in [3.05, 3.63) is 27.6 Å². The van der Waals surface area contributed by atoms with E-state index in [1.54, 1.807) is 12.3 Å². The van der Waals surface area contributed by atoms with Crippen molar-refractivity contribution in [1.29, 1.82) is 0 Å². The molecule has 1 aromatic rings. The number of amides is 1. The van der Waals surface area contributed by atoms with Gasteiger partial charge in [-0.25, -0.2) is 0 Å². The molecule has 1 aliphatic rings. The molecule has 2 heterocycles. The van der Waals surface area contributed by atoms with Crippen LogP contribution in [0.4, 0.5) is 0 Å². The Morgan fingerprint density at radius 1 is 1.67 bits per heavy atom. The Bertz CT molecular complexity index is 354. The molecule has 12 heavy (non-hydrogen) atoms. The Morgan fingerprint density at radius 2 is 2.50 bits per heavy atom. The fourth-order valence-electron chi connectivity index (χ4n) is 1.07. The van der Waals surface area contributed by atoms with Crippen LogP contribution in [0.3, 0.4) is 0 Å². The minimum atomic E-state index is -0.372. The number of hydrogen-bond acceptors (Lipinski definition) is 3. The largest absolute Gasteiger partial charge is 0.496 e. The highest BCUT2D eigenvalue weighted by Gasteiger charge is 2.12. The van der Waals surface area contributed by atoms with Crippen LogP contribution in [0.15, 0.2) is 12.3 Å². The highest BCUT2D eigenvalue weighted by Crippen LogP contribution is 2.26. The lowest BCUT2D eigenvalue weighted by atomic mass is 10.2. The molecular formula is C8H7NO2S. The Morgan fingerprint density at radius 3 is 3.17 bits per heavy atom. The van der Waals surface area contributed by atoms with Gasteiger partial charge in [0.1, 0.15) is 6.61 Å². The van der Waals surface area contributed by atoms with Crippen molar-refractivity contribution in [3.63, 3.8) is 0 Å². The molecule has 0 atom stereocenters. The summed E-state index contributed by atoms with van der Waals surface area (Å²) in [5, 5.41) is 0. The maximum Gasteiger partial charge on any atom is 0.258 e. The molecule has 2 N–H and O–H groups in total. The van der Waals surface area contributed by atoms with Gasteiger partial charge < -0.3 is 10.5 Å². The van der Waals surface area contributed by atoms with Gasteiger partial charge in [-0.1, -0.05) is 0 Å². The van der Waals surface area contributed by atoms with E-state index in [2.05, 4.69) is 0 Å². The van der Waals surface area contributed by atoms with Gasteiger partial charge in [0.15, 0.2) is 0 Å². The van der Waals surface area contributed by atoms with Crippen molar-refractivity contribution in [2.24, 2.45) is 5.73 Å². The van der Waals surface area contributed by atoms with Gasteiger partial charge in [0, 0.05) is 10.4 Å². The number of fused-ring (bicyclic) bond motifs is 1. The Balaban J connectivity index is 2.46. The number of ether oxygens (including phenoxy) is 1. The minimum Gasteiger partial charge on any atom is -0.496 e. The molecule has 1 aromatic heterocycles. The van der Waals surface area contributed by atoms with E-state index < -0.39 is 0 Å². The van der Waals surface area contributed by atoms with Gasteiger partial charge in [0.05, 0.1) is 11.1 Å². The molecule has 0 unspecified atom stereocenters. The van der Waals surface area contributed by atoms with Crippen molar-refractivity contribution < 1.29 is 9.53 Å². The van der Waals surface area contributed by atoms with Crippen molar-refractivity contribution >= 4 is 23.3 Å². The Hall–Kier alpha value is -1.29. The normalized spacial score (nSPS) is 13.7. The quantitative estimate of drug-likeness (QED) is 0.711. The summed E-state index contributed by atoms with van der Waals surface area (Å²) in [7, 11) is 0. The number of hydrogen-bond donors (Lipinski definition) is 1. The molecular weight excluding hydrogens is 174 g/mol. The Kier molecular flexibility index (Phi) is 1.62. The molecule has 2 rings (SSSR count). The van der Waals surface area contributed by atoms with Crippen molar-refractivity contribution in [3.8, 4) is 0 Å². The molecule has 1 aliphatic heterocycles. The number of primary amides is 1. The average molecular weight is 181 g/mol. The lowest BCUT2D eigenvalue weighted by molar-refractivity contribution is 0.100. The summed E-state index contributed by atoms with van der Waals surface area (Å²) in [5.41, 5.74) is 6.17. The first kappa shape index (κ1) is 7.36. The van der Waals surface area contributed by atoms with Gasteiger partial charge in [-0.3, -0.25) is 4.79 Å². The predicted octanol–water partition coefficient (Wildman–Crippen LogP) is 1.35. The van der Waals surface area contributed by atoms with Gasteiger partial charge >= 0.3 is 0 Å². The summed E-state index contributed by atoms with van der Waals surface area (Å²) < 4.78 is 5.06. The summed E-state index contributed by atoms with van der Waals surface area (Å²) in [6.45, 7) is 0.537. The fraction of sp³-hybridized carbons (Fsp3) is 0.125. The zero-order valence-corrected chi connectivity index (χ0v) is 7.06. The number of thiophene rings is 1. The van der Waals surface area contributed by atoms with E-state index in [1.807, 2.05) is 6.08 Å². The molecule has 0 aliphatic carbocycles.